The van der Waals surface area contributed by atoms with Gasteiger partial charge in [-0.25, -0.2) is 0 Å². The standard InChI is InChI=1S/2C18H37O2P.Co/c2*1-2-3-4-5-6-7-8-9-10-11-12-13-14-15-16-17-18-21(19)20;/h2*9-10,21H,2-8,11-18H2,1H3,(H,19,20);/q;;+2/p-2/b2*10-9-;. The smallest absolute Gasteiger partial charge is 0.802 e. The monoisotopic (exact) mass is 689 g/mol. The summed E-state index contributed by atoms with van der Waals surface area (Å²) in [4.78, 5) is 20.8. The molecule has 0 aliphatic carbocycles. The van der Waals surface area contributed by atoms with Gasteiger partial charge < -0.3 is 18.9 Å². The molecule has 2 unspecified atom stereocenters. The third-order valence-electron chi connectivity index (χ3n) is 7.79. The van der Waals surface area contributed by atoms with Gasteiger partial charge >= 0.3 is 16.8 Å². The summed E-state index contributed by atoms with van der Waals surface area (Å²) < 4.78 is 20.8. The zero-order valence-corrected chi connectivity index (χ0v) is 31.5. The summed E-state index contributed by atoms with van der Waals surface area (Å²) in [6.07, 6.45) is 45.6. The van der Waals surface area contributed by atoms with Crippen LogP contribution < -0.4 is 9.79 Å². The topological polar surface area (TPSA) is 80.3 Å². The van der Waals surface area contributed by atoms with Gasteiger partial charge in [0, 0.05) is 16.1 Å². The molecule has 0 heterocycles. The molecule has 0 aliphatic rings. The van der Waals surface area contributed by atoms with Crippen LogP contribution >= 0.6 is 16.1 Å². The van der Waals surface area contributed by atoms with Gasteiger partial charge in [0.2, 0.25) is 0 Å². The van der Waals surface area contributed by atoms with Crippen molar-refractivity contribution < 1.29 is 35.7 Å². The molecule has 7 heteroatoms. The summed E-state index contributed by atoms with van der Waals surface area (Å²) in [5.41, 5.74) is 0. The Balaban J connectivity index is -0.000000727. The largest absolute Gasteiger partial charge is 2.00 e. The van der Waals surface area contributed by atoms with Crippen molar-refractivity contribution in [2.75, 3.05) is 12.3 Å². The molecule has 0 aliphatic heterocycles. The molecule has 4 nitrogen and oxygen atoms in total. The maximum absolute atomic E-state index is 10.4. The average Bonchev–Trinajstić information content (AvgIpc) is 2.97. The van der Waals surface area contributed by atoms with E-state index in [1.165, 1.54) is 154 Å². The van der Waals surface area contributed by atoms with Crippen molar-refractivity contribution in [1.29, 1.82) is 0 Å². The van der Waals surface area contributed by atoms with Crippen LogP contribution in [-0.2, 0) is 25.9 Å². The van der Waals surface area contributed by atoms with Gasteiger partial charge in [0.15, 0.2) is 0 Å². The second-order valence-electron chi connectivity index (χ2n) is 12.1. The number of unbranched alkanes of at least 4 members (excludes halogenated alkanes) is 24. The SMILES string of the molecule is CCCCCCCC/C=C\CCCCCCCC[PH](=O)[O-].CCCCCCCC/C=C\CCCCCCCC[PH](=O)[O-].[Co+2]. The van der Waals surface area contributed by atoms with E-state index in [4.69, 9.17) is 0 Å². The number of hydrogen-bond donors (Lipinski definition) is 0. The Labute approximate surface area is 281 Å². The first kappa shape index (κ1) is 47.8. The van der Waals surface area contributed by atoms with Crippen LogP contribution in [-0.4, -0.2) is 12.3 Å². The van der Waals surface area contributed by atoms with Crippen molar-refractivity contribution in [1.82, 2.24) is 0 Å². The van der Waals surface area contributed by atoms with Gasteiger partial charge in [-0.15, -0.1) is 0 Å². The predicted octanol–water partition coefficient (Wildman–Crippen LogP) is 11.7. The summed E-state index contributed by atoms with van der Waals surface area (Å²) in [5.74, 6) is 0. The van der Waals surface area contributed by atoms with Crippen molar-refractivity contribution in [3.63, 3.8) is 0 Å². The van der Waals surface area contributed by atoms with Gasteiger partial charge in [-0.1, -0.05) is 154 Å². The first-order chi connectivity index (χ1) is 20.5. The summed E-state index contributed by atoms with van der Waals surface area (Å²) in [5, 5.41) is 0. The summed E-state index contributed by atoms with van der Waals surface area (Å²) in [7, 11) is -4.92. The normalized spacial score (nSPS) is 12.7. The van der Waals surface area contributed by atoms with Crippen LogP contribution in [0.5, 0.6) is 0 Å². The Hall–Kier alpha value is 0.366. The first-order valence-corrected chi connectivity index (χ1v) is 21.3. The molecule has 0 bridgehead atoms. The Bertz CT molecular complexity index is 562. The molecule has 0 aromatic carbocycles. The molecule has 0 rings (SSSR count). The molecule has 0 aromatic heterocycles. The fourth-order valence-electron chi connectivity index (χ4n) is 5.03. The zero-order chi connectivity index (χ0) is 31.2. The summed E-state index contributed by atoms with van der Waals surface area (Å²) >= 11 is 0. The van der Waals surface area contributed by atoms with Crippen LogP contribution in [0.25, 0.3) is 0 Å². The molecule has 2 atom stereocenters. The third kappa shape index (κ3) is 52.2. The Kier molecular flexibility index (Phi) is 49.4. The molecule has 0 amide bonds. The second-order valence-corrected chi connectivity index (χ2v) is 14.6. The molecular weight excluding hydrogens is 617 g/mol. The quantitative estimate of drug-likeness (QED) is 0.0400. The molecule has 0 aromatic rings. The van der Waals surface area contributed by atoms with Gasteiger partial charge in [0.05, 0.1) is 0 Å². The third-order valence-corrected chi connectivity index (χ3v) is 9.31. The van der Waals surface area contributed by atoms with Gasteiger partial charge in [-0.3, -0.25) is 0 Å². The van der Waals surface area contributed by atoms with E-state index in [1.54, 1.807) is 0 Å². The van der Waals surface area contributed by atoms with Crippen molar-refractivity contribution in [3.05, 3.63) is 24.3 Å². The number of allylic oxidation sites excluding steroid dienone is 4. The molecule has 259 valence electrons. The number of rotatable bonds is 32. The summed E-state index contributed by atoms with van der Waals surface area (Å²) in [6.45, 7) is 4.52. The molecule has 43 heavy (non-hydrogen) atoms. The maximum atomic E-state index is 10.4. The molecule has 0 spiro atoms. The molecule has 0 fully saturated rings. The van der Waals surface area contributed by atoms with E-state index in [0.717, 1.165) is 25.7 Å². The van der Waals surface area contributed by atoms with Crippen LogP contribution in [0.4, 0.5) is 0 Å². The zero-order valence-electron chi connectivity index (χ0n) is 28.5. The van der Waals surface area contributed by atoms with E-state index in [1.807, 2.05) is 0 Å². The Morgan fingerprint density at radius 2 is 0.581 bits per heavy atom. The van der Waals surface area contributed by atoms with E-state index in [2.05, 4.69) is 38.2 Å². The Morgan fingerprint density at radius 1 is 0.372 bits per heavy atom. The van der Waals surface area contributed by atoms with E-state index >= 15 is 0 Å². The van der Waals surface area contributed by atoms with Crippen LogP contribution in [0.2, 0.25) is 0 Å². The average molecular weight is 690 g/mol. The predicted molar refractivity (Wildman–Crippen MR) is 187 cm³/mol. The van der Waals surface area contributed by atoms with E-state index in [9.17, 15) is 18.9 Å². The van der Waals surface area contributed by atoms with Gasteiger partial charge in [-0.05, 0) is 76.5 Å². The molecular formula is C36H72CoO4P2. The molecule has 0 saturated carbocycles. The summed E-state index contributed by atoms with van der Waals surface area (Å²) in [6, 6.07) is 0. The van der Waals surface area contributed by atoms with Crippen molar-refractivity contribution in [2.45, 2.75) is 194 Å². The minimum absolute atomic E-state index is 0. The van der Waals surface area contributed by atoms with Gasteiger partial charge in [-0.2, -0.15) is 0 Å². The van der Waals surface area contributed by atoms with Crippen molar-refractivity contribution in [3.8, 4) is 0 Å². The van der Waals surface area contributed by atoms with E-state index in [0.29, 0.717) is 12.3 Å². The fraction of sp³-hybridized carbons (Fsp3) is 0.889. The molecule has 0 saturated heterocycles. The maximum Gasteiger partial charge on any atom is 2.00 e. The van der Waals surface area contributed by atoms with Crippen molar-refractivity contribution in [2.24, 2.45) is 0 Å². The first-order valence-electron chi connectivity index (χ1n) is 18.2. The van der Waals surface area contributed by atoms with Gasteiger partial charge in [0.25, 0.3) is 0 Å². The van der Waals surface area contributed by atoms with E-state index in [-0.39, 0.29) is 16.8 Å². The number of hydrogen-bond acceptors (Lipinski definition) is 4. The minimum atomic E-state index is -2.46. The van der Waals surface area contributed by atoms with Crippen molar-refractivity contribution >= 4 is 16.1 Å². The van der Waals surface area contributed by atoms with E-state index < -0.39 is 16.1 Å². The van der Waals surface area contributed by atoms with Crippen LogP contribution in [0.15, 0.2) is 24.3 Å². The van der Waals surface area contributed by atoms with Gasteiger partial charge in [0.1, 0.15) is 0 Å². The molecule has 0 N–H and O–H groups in total. The van der Waals surface area contributed by atoms with Crippen LogP contribution in [0.3, 0.4) is 0 Å². The minimum Gasteiger partial charge on any atom is -0.802 e. The fourth-order valence-corrected chi connectivity index (χ4v) is 6.11. The van der Waals surface area contributed by atoms with Crippen LogP contribution in [0.1, 0.15) is 194 Å². The second kappa shape index (κ2) is 44.5. The van der Waals surface area contributed by atoms with Crippen LogP contribution in [0, 0.1) is 0 Å². The Morgan fingerprint density at radius 3 is 0.814 bits per heavy atom. The molecule has 1 radical (unpaired) electrons.